The SMILES string of the molecule is COc1ccc(NC(=O)CCc2nc(-c3cccc(Cl)c3)no2)c(OC)c1. The molecule has 0 saturated heterocycles. The van der Waals surface area contributed by atoms with Crippen molar-refractivity contribution in [3.05, 3.63) is 53.4 Å². The molecule has 2 aromatic carbocycles. The van der Waals surface area contributed by atoms with Gasteiger partial charge in [-0.05, 0) is 24.3 Å². The summed E-state index contributed by atoms with van der Waals surface area (Å²) < 4.78 is 15.6. The lowest BCUT2D eigenvalue weighted by Gasteiger charge is -2.11. The van der Waals surface area contributed by atoms with Gasteiger partial charge in [-0.1, -0.05) is 28.9 Å². The van der Waals surface area contributed by atoms with E-state index in [0.717, 1.165) is 5.56 Å². The summed E-state index contributed by atoms with van der Waals surface area (Å²) in [5, 5.41) is 7.32. The zero-order valence-corrected chi connectivity index (χ0v) is 15.6. The molecule has 0 fully saturated rings. The maximum Gasteiger partial charge on any atom is 0.227 e. The van der Waals surface area contributed by atoms with Crippen molar-refractivity contribution >= 4 is 23.2 Å². The molecule has 0 saturated carbocycles. The van der Waals surface area contributed by atoms with Gasteiger partial charge in [0.05, 0.1) is 19.9 Å². The number of carbonyl (C=O) groups excluding carboxylic acids is 1. The summed E-state index contributed by atoms with van der Waals surface area (Å²) in [6.45, 7) is 0. The van der Waals surface area contributed by atoms with E-state index < -0.39 is 0 Å². The van der Waals surface area contributed by atoms with E-state index in [0.29, 0.717) is 40.3 Å². The fourth-order valence-corrected chi connectivity index (χ4v) is 2.63. The van der Waals surface area contributed by atoms with Crippen molar-refractivity contribution in [2.45, 2.75) is 12.8 Å². The highest BCUT2D eigenvalue weighted by Crippen LogP contribution is 2.29. The molecular formula is C19H18ClN3O4. The van der Waals surface area contributed by atoms with E-state index in [-0.39, 0.29) is 12.3 Å². The van der Waals surface area contributed by atoms with E-state index in [1.807, 2.05) is 12.1 Å². The number of ether oxygens (including phenoxy) is 2. The minimum Gasteiger partial charge on any atom is -0.497 e. The van der Waals surface area contributed by atoms with Crippen LogP contribution in [0.2, 0.25) is 5.02 Å². The van der Waals surface area contributed by atoms with Crippen LogP contribution in [0.15, 0.2) is 47.0 Å². The Bertz CT molecular complexity index is 942. The molecule has 8 heteroatoms. The highest BCUT2D eigenvalue weighted by atomic mass is 35.5. The van der Waals surface area contributed by atoms with E-state index in [4.69, 9.17) is 25.6 Å². The van der Waals surface area contributed by atoms with Gasteiger partial charge in [0.25, 0.3) is 0 Å². The number of rotatable bonds is 7. The molecular weight excluding hydrogens is 370 g/mol. The van der Waals surface area contributed by atoms with Crippen molar-refractivity contribution in [3.63, 3.8) is 0 Å². The predicted octanol–water partition coefficient (Wildman–Crippen LogP) is 3.98. The Balaban J connectivity index is 1.60. The fourth-order valence-electron chi connectivity index (χ4n) is 2.44. The van der Waals surface area contributed by atoms with Gasteiger partial charge in [0.2, 0.25) is 17.6 Å². The van der Waals surface area contributed by atoms with Crippen LogP contribution in [-0.2, 0) is 11.2 Å². The van der Waals surface area contributed by atoms with Gasteiger partial charge < -0.3 is 19.3 Å². The lowest BCUT2D eigenvalue weighted by atomic mass is 10.2. The van der Waals surface area contributed by atoms with E-state index in [1.54, 1.807) is 37.4 Å². The van der Waals surface area contributed by atoms with Gasteiger partial charge in [-0.3, -0.25) is 4.79 Å². The molecule has 0 unspecified atom stereocenters. The van der Waals surface area contributed by atoms with Gasteiger partial charge in [-0.15, -0.1) is 0 Å². The Labute approximate surface area is 161 Å². The number of anilines is 1. The minimum absolute atomic E-state index is 0.187. The molecule has 1 N–H and O–H groups in total. The number of nitrogens with one attached hydrogen (secondary N) is 1. The average Bonchev–Trinajstić information content (AvgIpc) is 3.16. The first-order valence-electron chi connectivity index (χ1n) is 8.19. The third-order valence-corrected chi connectivity index (χ3v) is 4.03. The van der Waals surface area contributed by atoms with Crippen LogP contribution in [0.4, 0.5) is 5.69 Å². The Hall–Kier alpha value is -3.06. The first-order valence-corrected chi connectivity index (χ1v) is 8.57. The smallest absolute Gasteiger partial charge is 0.227 e. The number of hydrogen-bond donors (Lipinski definition) is 1. The maximum atomic E-state index is 12.2. The summed E-state index contributed by atoms with van der Waals surface area (Å²) in [6.07, 6.45) is 0.504. The van der Waals surface area contributed by atoms with Crippen LogP contribution < -0.4 is 14.8 Å². The molecule has 0 aliphatic heterocycles. The summed E-state index contributed by atoms with van der Waals surface area (Å²) in [5.41, 5.74) is 1.32. The Morgan fingerprint density at radius 2 is 2.04 bits per heavy atom. The van der Waals surface area contributed by atoms with Crippen LogP contribution in [0.3, 0.4) is 0 Å². The van der Waals surface area contributed by atoms with Crippen molar-refractivity contribution in [1.82, 2.24) is 10.1 Å². The summed E-state index contributed by atoms with van der Waals surface area (Å²) in [7, 11) is 3.09. The maximum absolute atomic E-state index is 12.2. The summed E-state index contributed by atoms with van der Waals surface area (Å²) in [5.74, 6) is 1.78. The van der Waals surface area contributed by atoms with Crippen LogP contribution in [-0.4, -0.2) is 30.3 Å². The molecule has 1 aromatic heterocycles. The monoisotopic (exact) mass is 387 g/mol. The fraction of sp³-hybridized carbons (Fsp3) is 0.211. The molecule has 0 radical (unpaired) electrons. The standard InChI is InChI=1S/C19H18ClN3O4/c1-25-14-6-7-15(16(11-14)26-2)21-17(24)8-9-18-22-19(23-27-18)12-4-3-5-13(20)10-12/h3-7,10-11H,8-9H2,1-2H3,(H,21,24). The number of aryl methyl sites for hydroxylation is 1. The molecule has 0 atom stereocenters. The topological polar surface area (TPSA) is 86.5 Å². The lowest BCUT2D eigenvalue weighted by Crippen LogP contribution is -2.13. The predicted molar refractivity (Wildman–Crippen MR) is 101 cm³/mol. The van der Waals surface area contributed by atoms with Gasteiger partial charge in [-0.2, -0.15) is 4.98 Å². The second-order valence-electron chi connectivity index (χ2n) is 5.64. The van der Waals surface area contributed by atoms with Crippen LogP contribution in [0.25, 0.3) is 11.4 Å². The van der Waals surface area contributed by atoms with Crippen LogP contribution in [0.5, 0.6) is 11.5 Å². The highest BCUT2D eigenvalue weighted by Gasteiger charge is 2.13. The molecule has 3 rings (SSSR count). The summed E-state index contributed by atoms with van der Waals surface area (Å²) in [6, 6.07) is 12.3. The van der Waals surface area contributed by atoms with Gasteiger partial charge >= 0.3 is 0 Å². The number of nitrogens with zero attached hydrogens (tertiary/aromatic N) is 2. The van der Waals surface area contributed by atoms with Crippen molar-refractivity contribution in [2.75, 3.05) is 19.5 Å². The number of hydrogen-bond acceptors (Lipinski definition) is 6. The quantitative estimate of drug-likeness (QED) is 0.659. The number of methoxy groups -OCH3 is 2. The van der Waals surface area contributed by atoms with Crippen molar-refractivity contribution < 1.29 is 18.8 Å². The van der Waals surface area contributed by atoms with Crippen molar-refractivity contribution in [1.29, 1.82) is 0 Å². The molecule has 1 amide bonds. The molecule has 0 aliphatic carbocycles. The van der Waals surface area contributed by atoms with Crippen molar-refractivity contribution in [2.24, 2.45) is 0 Å². The number of amides is 1. The largest absolute Gasteiger partial charge is 0.497 e. The first kappa shape index (κ1) is 18.7. The molecule has 1 heterocycles. The molecule has 140 valence electrons. The minimum atomic E-state index is -0.194. The second-order valence-corrected chi connectivity index (χ2v) is 6.07. The van der Waals surface area contributed by atoms with Crippen molar-refractivity contribution in [3.8, 4) is 22.9 Å². The second kappa shape index (κ2) is 8.55. The average molecular weight is 388 g/mol. The lowest BCUT2D eigenvalue weighted by molar-refractivity contribution is -0.116. The molecule has 0 aliphatic rings. The van der Waals surface area contributed by atoms with Gasteiger partial charge in [0, 0.05) is 29.5 Å². The Morgan fingerprint density at radius 3 is 2.78 bits per heavy atom. The first-order chi connectivity index (χ1) is 13.1. The zero-order valence-electron chi connectivity index (χ0n) is 14.9. The van der Waals surface area contributed by atoms with Crippen LogP contribution >= 0.6 is 11.6 Å². The van der Waals surface area contributed by atoms with E-state index in [1.165, 1.54) is 7.11 Å². The molecule has 0 spiro atoms. The Kier molecular flexibility index (Phi) is 5.93. The number of halogens is 1. The molecule has 7 nitrogen and oxygen atoms in total. The van der Waals surface area contributed by atoms with Gasteiger partial charge in [0.15, 0.2) is 0 Å². The Morgan fingerprint density at radius 1 is 1.19 bits per heavy atom. The number of benzene rings is 2. The molecule has 27 heavy (non-hydrogen) atoms. The summed E-state index contributed by atoms with van der Waals surface area (Å²) >= 11 is 5.97. The summed E-state index contributed by atoms with van der Waals surface area (Å²) in [4.78, 5) is 16.5. The van der Waals surface area contributed by atoms with Crippen LogP contribution in [0, 0.1) is 0 Å². The van der Waals surface area contributed by atoms with E-state index >= 15 is 0 Å². The third-order valence-electron chi connectivity index (χ3n) is 3.80. The normalized spacial score (nSPS) is 10.5. The zero-order chi connectivity index (χ0) is 19.2. The van der Waals surface area contributed by atoms with E-state index in [2.05, 4.69) is 15.5 Å². The number of aromatic nitrogens is 2. The molecule has 0 bridgehead atoms. The van der Waals surface area contributed by atoms with Gasteiger partial charge in [0.1, 0.15) is 11.5 Å². The molecule has 3 aromatic rings. The highest BCUT2D eigenvalue weighted by molar-refractivity contribution is 6.30. The van der Waals surface area contributed by atoms with E-state index in [9.17, 15) is 4.79 Å². The number of carbonyl (C=O) groups is 1. The third kappa shape index (κ3) is 4.77. The van der Waals surface area contributed by atoms with Crippen LogP contribution in [0.1, 0.15) is 12.3 Å². The van der Waals surface area contributed by atoms with Gasteiger partial charge in [-0.25, -0.2) is 0 Å².